The molecule has 0 spiro atoms. The Morgan fingerprint density at radius 3 is 2.60 bits per heavy atom. The van der Waals surface area contributed by atoms with E-state index in [9.17, 15) is 0 Å². The van der Waals surface area contributed by atoms with Crippen LogP contribution in [0.5, 0.6) is 0 Å². The van der Waals surface area contributed by atoms with Crippen LogP contribution in [0.15, 0.2) is 6.20 Å². The van der Waals surface area contributed by atoms with Crippen molar-refractivity contribution in [3.63, 3.8) is 0 Å². The van der Waals surface area contributed by atoms with Crippen LogP contribution in [0.25, 0.3) is 0 Å². The van der Waals surface area contributed by atoms with E-state index < -0.39 is 0 Å². The fourth-order valence-electron chi connectivity index (χ4n) is 3.19. The second-order valence-corrected chi connectivity index (χ2v) is 5.65. The highest BCUT2D eigenvalue weighted by Crippen LogP contribution is 2.40. The molecule has 1 unspecified atom stereocenters. The molecule has 1 atom stereocenters. The Bertz CT molecular complexity index is 441. The number of hydrogen-bond donors (Lipinski definition) is 1. The zero-order valence-corrected chi connectivity index (χ0v) is 13.2. The zero-order chi connectivity index (χ0) is 14.6. The summed E-state index contributed by atoms with van der Waals surface area (Å²) >= 11 is 0. The van der Waals surface area contributed by atoms with E-state index in [1.165, 1.54) is 18.4 Å². The van der Waals surface area contributed by atoms with Gasteiger partial charge in [-0.3, -0.25) is 0 Å². The van der Waals surface area contributed by atoms with Crippen molar-refractivity contribution < 1.29 is 4.74 Å². The van der Waals surface area contributed by atoms with Gasteiger partial charge in [0.05, 0.1) is 0 Å². The molecule has 1 heterocycles. The van der Waals surface area contributed by atoms with Crippen LogP contribution in [0, 0.1) is 6.92 Å². The molecule has 20 heavy (non-hydrogen) atoms. The summed E-state index contributed by atoms with van der Waals surface area (Å²) < 4.78 is 6.04. The molecule has 1 aromatic heterocycles. The fraction of sp³-hybridized carbons (Fsp3) is 0.750. The van der Waals surface area contributed by atoms with Crippen molar-refractivity contribution in [2.45, 2.75) is 65.0 Å². The van der Waals surface area contributed by atoms with Gasteiger partial charge in [-0.2, -0.15) is 0 Å². The van der Waals surface area contributed by atoms with Crippen LogP contribution in [0.1, 0.15) is 69.6 Å². The molecular weight excluding hydrogens is 250 g/mol. The van der Waals surface area contributed by atoms with Crippen LogP contribution in [-0.2, 0) is 10.3 Å². The quantitative estimate of drug-likeness (QED) is 0.867. The number of aryl methyl sites for hydroxylation is 1. The average Bonchev–Trinajstić information content (AvgIpc) is 2.89. The van der Waals surface area contributed by atoms with Gasteiger partial charge in [0.15, 0.2) is 5.82 Å². The summed E-state index contributed by atoms with van der Waals surface area (Å²) in [6.45, 7) is 10.1. The smallest absolute Gasteiger partial charge is 0.160 e. The molecule has 1 aromatic rings. The Hall–Kier alpha value is -1.00. The summed E-state index contributed by atoms with van der Waals surface area (Å²) in [5, 5.41) is 3.42. The molecule has 4 nitrogen and oxygen atoms in total. The fourth-order valence-corrected chi connectivity index (χ4v) is 3.19. The molecule has 1 saturated carbocycles. The van der Waals surface area contributed by atoms with E-state index in [1.807, 2.05) is 6.20 Å². The standard InChI is InChI=1S/C16H27N3O/c1-5-17-12(3)14-11-18-15(19-13(14)4)16(20-6-2)9-7-8-10-16/h11-12,17H,5-10H2,1-4H3. The lowest BCUT2D eigenvalue weighted by atomic mass is 10.00. The summed E-state index contributed by atoms with van der Waals surface area (Å²) in [6, 6.07) is 0.292. The molecule has 0 bridgehead atoms. The number of hydrogen-bond acceptors (Lipinski definition) is 4. The highest BCUT2D eigenvalue weighted by Gasteiger charge is 2.39. The van der Waals surface area contributed by atoms with Gasteiger partial charge in [0.2, 0.25) is 0 Å². The van der Waals surface area contributed by atoms with Crippen LogP contribution in [0.4, 0.5) is 0 Å². The number of nitrogens with zero attached hydrogens (tertiary/aromatic N) is 2. The van der Waals surface area contributed by atoms with Crippen molar-refractivity contribution in [3.05, 3.63) is 23.3 Å². The Morgan fingerprint density at radius 1 is 1.35 bits per heavy atom. The molecule has 4 heteroatoms. The molecule has 0 radical (unpaired) electrons. The molecule has 0 aromatic carbocycles. The SMILES string of the molecule is CCNC(C)c1cnc(C2(OCC)CCCC2)nc1C. The largest absolute Gasteiger partial charge is 0.367 e. The van der Waals surface area contributed by atoms with E-state index in [4.69, 9.17) is 9.72 Å². The number of ether oxygens (including phenoxy) is 1. The molecule has 1 fully saturated rings. The monoisotopic (exact) mass is 277 g/mol. The molecule has 0 amide bonds. The van der Waals surface area contributed by atoms with Gasteiger partial charge in [0, 0.05) is 30.1 Å². The van der Waals surface area contributed by atoms with Crippen molar-refractivity contribution in [3.8, 4) is 0 Å². The van der Waals surface area contributed by atoms with Crippen LogP contribution in [0.2, 0.25) is 0 Å². The van der Waals surface area contributed by atoms with E-state index in [0.717, 1.165) is 37.5 Å². The second-order valence-electron chi connectivity index (χ2n) is 5.65. The first-order valence-corrected chi connectivity index (χ1v) is 7.84. The van der Waals surface area contributed by atoms with Crippen LogP contribution >= 0.6 is 0 Å². The number of rotatable bonds is 6. The van der Waals surface area contributed by atoms with Gasteiger partial charge >= 0.3 is 0 Å². The van der Waals surface area contributed by atoms with Gasteiger partial charge in [-0.1, -0.05) is 6.92 Å². The first kappa shape index (κ1) is 15.4. The summed E-state index contributed by atoms with van der Waals surface area (Å²) in [5.74, 6) is 0.877. The van der Waals surface area contributed by atoms with E-state index in [2.05, 4.69) is 38.0 Å². The van der Waals surface area contributed by atoms with Crippen LogP contribution < -0.4 is 5.32 Å². The van der Waals surface area contributed by atoms with E-state index in [1.54, 1.807) is 0 Å². The van der Waals surface area contributed by atoms with Crippen molar-refractivity contribution in [2.24, 2.45) is 0 Å². The summed E-state index contributed by atoms with van der Waals surface area (Å²) in [7, 11) is 0. The molecule has 0 aliphatic heterocycles. The summed E-state index contributed by atoms with van der Waals surface area (Å²) in [6.07, 6.45) is 6.48. The maximum absolute atomic E-state index is 6.04. The number of nitrogens with one attached hydrogen (secondary N) is 1. The van der Waals surface area contributed by atoms with Crippen molar-refractivity contribution >= 4 is 0 Å². The number of aromatic nitrogens is 2. The summed E-state index contributed by atoms with van der Waals surface area (Å²) in [5.41, 5.74) is 2.01. The second kappa shape index (κ2) is 6.64. The topological polar surface area (TPSA) is 47.0 Å². The minimum absolute atomic E-state index is 0.237. The van der Waals surface area contributed by atoms with Crippen molar-refractivity contribution in [1.29, 1.82) is 0 Å². The lowest BCUT2D eigenvalue weighted by molar-refractivity contribution is -0.0458. The van der Waals surface area contributed by atoms with Gasteiger partial charge < -0.3 is 10.1 Å². The van der Waals surface area contributed by atoms with Gasteiger partial charge in [-0.15, -0.1) is 0 Å². The molecular formula is C16H27N3O. The molecule has 1 aliphatic carbocycles. The first-order chi connectivity index (χ1) is 9.63. The van der Waals surface area contributed by atoms with E-state index in [-0.39, 0.29) is 5.60 Å². The van der Waals surface area contributed by atoms with Gasteiger partial charge in [0.25, 0.3) is 0 Å². The van der Waals surface area contributed by atoms with Crippen molar-refractivity contribution in [1.82, 2.24) is 15.3 Å². The highest BCUT2D eigenvalue weighted by atomic mass is 16.5. The average molecular weight is 277 g/mol. The Morgan fingerprint density at radius 2 is 2.05 bits per heavy atom. The third-order valence-corrected chi connectivity index (χ3v) is 4.23. The predicted molar refractivity (Wildman–Crippen MR) is 80.6 cm³/mol. The Balaban J connectivity index is 2.27. The highest BCUT2D eigenvalue weighted by molar-refractivity contribution is 5.22. The Kier molecular flexibility index (Phi) is 5.11. The molecule has 0 saturated heterocycles. The molecule has 112 valence electrons. The molecule has 2 rings (SSSR count). The maximum atomic E-state index is 6.04. The predicted octanol–water partition coefficient (Wildman–Crippen LogP) is 3.26. The summed E-state index contributed by atoms with van der Waals surface area (Å²) in [4.78, 5) is 9.41. The third kappa shape index (κ3) is 3.01. The van der Waals surface area contributed by atoms with Gasteiger partial charge in [0.1, 0.15) is 5.60 Å². The minimum Gasteiger partial charge on any atom is -0.367 e. The minimum atomic E-state index is -0.237. The first-order valence-electron chi connectivity index (χ1n) is 7.84. The maximum Gasteiger partial charge on any atom is 0.160 e. The van der Waals surface area contributed by atoms with Crippen LogP contribution in [-0.4, -0.2) is 23.1 Å². The van der Waals surface area contributed by atoms with Crippen molar-refractivity contribution in [2.75, 3.05) is 13.2 Å². The van der Waals surface area contributed by atoms with E-state index in [0.29, 0.717) is 6.04 Å². The zero-order valence-electron chi connectivity index (χ0n) is 13.2. The van der Waals surface area contributed by atoms with Gasteiger partial charge in [-0.25, -0.2) is 9.97 Å². The Labute approximate surface area is 122 Å². The normalized spacial score (nSPS) is 19.2. The van der Waals surface area contributed by atoms with E-state index >= 15 is 0 Å². The third-order valence-electron chi connectivity index (χ3n) is 4.23. The lowest BCUT2D eigenvalue weighted by Crippen LogP contribution is -2.30. The van der Waals surface area contributed by atoms with Gasteiger partial charge in [-0.05, 0) is 53.0 Å². The molecule has 1 N–H and O–H groups in total. The van der Waals surface area contributed by atoms with Crippen LogP contribution in [0.3, 0.4) is 0 Å². The lowest BCUT2D eigenvalue weighted by Gasteiger charge is -2.28. The molecule has 1 aliphatic rings.